The highest BCUT2D eigenvalue weighted by Gasteiger charge is 2.22. The Hall–Kier alpha value is -7.14. The standard InChI is InChI=1S/C52H32N2OS/c1-2-16-40-39(15-1)41-17-3-4-19-43(41)45-24-22-33(31-48(45)44-20-6-5-18-42(40)44)34-23-25-46-47-26-28-54-51(52(47)56-50(46)32-34)36-12-10-14-38(30-36)55-37-13-9-11-35(29-37)49-21-7-8-27-53-49/h1-32H. The van der Waals surface area contributed by atoms with Gasteiger partial charge >= 0.3 is 0 Å². The zero-order chi connectivity index (χ0) is 37.0. The molecule has 0 saturated carbocycles. The van der Waals surface area contributed by atoms with E-state index >= 15 is 0 Å². The van der Waals surface area contributed by atoms with Crippen molar-refractivity contribution in [3.8, 4) is 89.6 Å². The fourth-order valence-electron chi connectivity index (χ4n) is 8.22. The smallest absolute Gasteiger partial charge is 0.128 e. The second kappa shape index (κ2) is 13.3. The lowest BCUT2D eigenvalue weighted by atomic mass is 9.80. The van der Waals surface area contributed by atoms with Crippen LogP contribution in [0.4, 0.5) is 0 Å². The predicted octanol–water partition coefficient (Wildman–Crippen LogP) is 14.6. The van der Waals surface area contributed by atoms with E-state index in [1.54, 1.807) is 11.3 Å². The highest BCUT2D eigenvalue weighted by Crippen LogP contribution is 2.49. The molecule has 3 heterocycles. The van der Waals surface area contributed by atoms with Crippen molar-refractivity contribution in [2.75, 3.05) is 0 Å². The molecule has 262 valence electrons. The highest BCUT2D eigenvalue weighted by atomic mass is 32.1. The van der Waals surface area contributed by atoms with E-state index in [9.17, 15) is 0 Å². The molecule has 4 heteroatoms. The third-order valence-electron chi connectivity index (χ3n) is 10.8. The van der Waals surface area contributed by atoms with Crippen LogP contribution < -0.4 is 4.74 Å². The number of hydrogen-bond donors (Lipinski definition) is 0. The van der Waals surface area contributed by atoms with Crippen LogP contribution in [-0.2, 0) is 0 Å². The number of pyridine rings is 2. The molecule has 7 aromatic carbocycles. The first kappa shape index (κ1) is 32.3. The molecule has 11 rings (SSSR count). The molecule has 0 aliphatic heterocycles. The second-order valence-electron chi connectivity index (χ2n) is 14.1. The Labute approximate surface area is 328 Å². The summed E-state index contributed by atoms with van der Waals surface area (Å²) < 4.78 is 8.80. The molecule has 10 aromatic rings. The van der Waals surface area contributed by atoms with Gasteiger partial charge in [-0.15, -0.1) is 11.3 Å². The Balaban J connectivity index is 0.979. The Bertz CT molecular complexity index is 3120. The summed E-state index contributed by atoms with van der Waals surface area (Å²) in [5, 5.41) is 2.44. The number of hydrogen-bond acceptors (Lipinski definition) is 4. The predicted molar refractivity (Wildman–Crippen MR) is 233 cm³/mol. The summed E-state index contributed by atoms with van der Waals surface area (Å²) in [6.07, 6.45) is 3.73. The van der Waals surface area contributed by atoms with Crippen LogP contribution in [0.2, 0.25) is 0 Å². The SMILES string of the molecule is c1ccc(-c2cccc(Oc3cccc(-c4nccc5c4sc4cc(-c6ccc7c(c6)-c6ccccc6-c6ccccc6-c6ccccc6-7)ccc45)c3)c2)nc1. The number of thiophene rings is 1. The van der Waals surface area contributed by atoms with Gasteiger partial charge in [0, 0.05) is 39.0 Å². The lowest BCUT2D eigenvalue weighted by Gasteiger charge is -2.23. The van der Waals surface area contributed by atoms with Gasteiger partial charge in [0.05, 0.1) is 16.1 Å². The summed E-state index contributed by atoms with van der Waals surface area (Å²) in [7, 11) is 0. The van der Waals surface area contributed by atoms with Crippen LogP contribution in [0.1, 0.15) is 0 Å². The summed E-state index contributed by atoms with van der Waals surface area (Å²) in [6.45, 7) is 0. The van der Waals surface area contributed by atoms with E-state index in [0.717, 1.165) is 38.7 Å². The van der Waals surface area contributed by atoms with Gasteiger partial charge in [-0.05, 0) is 110 Å². The van der Waals surface area contributed by atoms with Gasteiger partial charge in [0.25, 0.3) is 0 Å². The Morgan fingerprint density at radius 2 is 0.929 bits per heavy atom. The Kier molecular flexibility index (Phi) is 7.68. The van der Waals surface area contributed by atoms with Crippen LogP contribution in [0.15, 0.2) is 194 Å². The third kappa shape index (κ3) is 5.50. The van der Waals surface area contributed by atoms with Gasteiger partial charge in [-0.2, -0.15) is 0 Å². The van der Waals surface area contributed by atoms with Crippen molar-refractivity contribution in [3.05, 3.63) is 194 Å². The van der Waals surface area contributed by atoms with Crippen LogP contribution in [0, 0.1) is 0 Å². The number of aromatic nitrogens is 2. The van der Waals surface area contributed by atoms with E-state index in [4.69, 9.17) is 9.72 Å². The highest BCUT2D eigenvalue weighted by molar-refractivity contribution is 7.26. The summed E-state index contributed by atoms with van der Waals surface area (Å²) in [4.78, 5) is 9.43. The Morgan fingerprint density at radius 1 is 0.357 bits per heavy atom. The summed E-state index contributed by atoms with van der Waals surface area (Å²) in [5.74, 6) is 1.52. The van der Waals surface area contributed by atoms with E-state index in [2.05, 4.69) is 138 Å². The van der Waals surface area contributed by atoms with E-state index in [-0.39, 0.29) is 0 Å². The first-order chi connectivity index (χ1) is 27.7. The monoisotopic (exact) mass is 732 g/mol. The maximum Gasteiger partial charge on any atom is 0.128 e. The van der Waals surface area contributed by atoms with Crippen molar-refractivity contribution in [2.45, 2.75) is 0 Å². The molecule has 0 atom stereocenters. The molecule has 0 fully saturated rings. The van der Waals surface area contributed by atoms with Crippen molar-refractivity contribution < 1.29 is 4.74 Å². The molecule has 0 saturated heterocycles. The lowest BCUT2D eigenvalue weighted by Crippen LogP contribution is -1.97. The summed E-state index contributed by atoms with van der Waals surface area (Å²) in [6, 6.07) is 64.7. The zero-order valence-electron chi connectivity index (χ0n) is 30.2. The fourth-order valence-corrected chi connectivity index (χ4v) is 9.47. The van der Waals surface area contributed by atoms with Crippen molar-refractivity contribution >= 4 is 31.5 Å². The molecule has 3 nitrogen and oxygen atoms in total. The van der Waals surface area contributed by atoms with Gasteiger partial charge in [0.15, 0.2) is 0 Å². The summed E-state index contributed by atoms with van der Waals surface area (Å²) in [5.41, 5.74) is 16.3. The minimum Gasteiger partial charge on any atom is -0.457 e. The molecule has 56 heavy (non-hydrogen) atoms. The normalized spacial score (nSPS) is 11.6. The van der Waals surface area contributed by atoms with E-state index < -0.39 is 0 Å². The fraction of sp³-hybridized carbons (Fsp3) is 0. The molecule has 1 aliphatic carbocycles. The number of nitrogens with zero attached hydrogens (tertiary/aromatic N) is 2. The van der Waals surface area contributed by atoms with Gasteiger partial charge in [-0.3, -0.25) is 9.97 Å². The molecular weight excluding hydrogens is 701 g/mol. The van der Waals surface area contributed by atoms with Gasteiger partial charge in [-0.1, -0.05) is 127 Å². The molecule has 0 spiro atoms. The average molecular weight is 733 g/mol. The topological polar surface area (TPSA) is 35.0 Å². The van der Waals surface area contributed by atoms with Crippen molar-refractivity contribution in [2.24, 2.45) is 0 Å². The first-order valence-corrected chi connectivity index (χ1v) is 19.6. The minimum absolute atomic E-state index is 0.759. The van der Waals surface area contributed by atoms with Gasteiger partial charge < -0.3 is 4.74 Å². The number of ether oxygens (including phenoxy) is 1. The minimum atomic E-state index is 0.759. The van der Waals surface area contributed by atoms with Gasteiger partial charge in [0.1, 0.15) is 11.5 Å². The summed E-state index contributed by atoms with van der Waals surface area (Å²) >= 11 is 1.80. The quantitative estimate of drug-likeness (QED) is 0.177. The molecule has 0 unspecified atom stereocenters. The van der Waals surface area contributed by atoms with Gasteiger partial charge in [0.2, 0.25) is 0 Å². The Morgan fingerprint density at radius 3 is 1.59 bits per heavy atom. The first-order valence-electron chi connectivity index (χ1n) is 18.8. The van der Waals surface area contributed by atoms with Crippen molar-refractivity contribution in [1.29, 1.82) is 0 Å². The maximum atomic E-state index is 6.40. The third-order valence-corrected chi connectivity index (χ3v) is 12.0. The second-order valence-corrected chi connectivity index (χ2v) is 15.2. The van der Waals surface area contributed by atoms with Crippen LogP contribution in [0.3, 0.4) is 0 Å². The van der Waals surface area contributed by atoms with Crippen molar-refractivity contribution in [1.82, 2.24) is 9.97 Å². The molecule has 0 amide bonds. The number of rotatable bonds is 5. The van der Waals surface area contributed by atoms with Crippen LogP contribution >= 0.6 is 11.3 Å². The zero-order valence-corrected chi connectivity index (χ0v) is 31.0. The molecule has 0 bridgehead atoms. The molecule has 1 aliphatic rings. The maximum absolute atomic E-state index is 6.40. The molecule has 0 radical (unpaired) electrons. The largest absolute Gasteiger partial charge is 0.457 e. The van der Waals surface area contributed by atoms with E-state index in [1.807, 2.05) is 60.9 Å². The number of fused-ring (bicyclic) bond motifs is 11. The van der Waals surface area contributed by atoms with Gasteiger partial charge in [-0.25, -0.2) is 0 Å². The number of benzene rings is 7. The van der Waals surface area contributed by atoms with Crippen LogP contribution in [0.5, 0.6) is 11.5 Å². The van der Waals surface area contributed by atoms with Crippen molar-refractivity contribution in [3.63, 3.8) is 0 Å². The van der Waals surface area contributed by atoms with Crippen LogP contribution in [0.25, 0.3) is 98.3 Å². The lowest BCUT2D eigenvalue weighted by molar-refractivity contribution is 0.483. The molecular formula is C52H32N2OS. The molecule has 0 N–H and O–H groups in total. The van der Waals surface area contributed by atoms with E-state index in [0.29, 0.717) is 0 Å². The van der Waals surface area contributed by atoms with Crippen LogP contribution in [-0.4, -0.2) is 9.97 Å². The molecule has 3 aromatic heterocycles. The average Bonchev–Trinajstić information content (AvgIpc) is 3.65. The van der Waals surface area contributed by atoms with E-state index in [1.165, 1.54) is 71.1 Å².